The Labute approximate surface area is 368 Å². The molecule has 0 radical (unpaired) electrons. The molecule has 0 saturated carbocycles. The van der Waals surface area contributed by atoms with E-state index in [1.54, 1.807) is 0 Å². The monoisotopic (exact) mass is 819 g/mol. The van der Waals surface area contributed by atoms with Gasteiger partial charge in [0.1, 0.15) is 33.5 Å². The van der Waals surface area contributed by atoms with Gasteiger partial charge in [-0.25, -0.2) is 0 Å². The van der Waals surface area contributed by atoms with E-state index in [1.165, 1.54) is 22.3 Å². The van der Waals surface area contributed by atoms with E-state index in [2.05, 4.69) is 193 Å². The first-order chi connectivity index (χ1) is 31.7. The minimum absolute atomic E-state index is 0.769. The van der Waals surface area contributed by atoms with Gasteiger partial charge in [0, 0.05) is 43.9 Å². The molecule has 0 saturated heterocycles. The van der Waals surface area contributed by atoms with Gasteiger partial charge in [0.2, 0.25) is 0 Å². The largest absolute Gasteiger partial charge is 0.456 e. The summed E-state index contributed by atoms with van der Waals surface area (Å²) in [4.78, 5) is 2.37. The van der Waals surface area contributed by atoms with Crippen LogP contribution in [0.25, 0.3) is 110 Å². The van der Waals surface area contributed by atoms with E-state index in [1.807, 2.05) is 36.4 Å². The van der Waals surface area contributed by atoms with Crippen LogP contribution in [-0.2, 0) is 0 Å². The first-order valence-electron chi connectivity index (χ1n) is 21.7. The van der Waals surface area contributed by atoms with E-state index in [0.717, 1.165) is 105 Å². The van der Waals surface area contributed by atoms with E-state index in [9.17, 15) is 0 Å². The molecule has 0 atom stereocenters. The van der Waals surface area contributed by atoms with Crippen molar-refractivity contribution < 1.29 is 13.3 Å². The molecular weight excluding hydrogens is 783 g/mol. The summed E-state index contributed by atoms with van der Waals surface area (Å²) in [6.07, 6.45) is 0. The fraction of sp³-hybridized carbons (Fsp3) is 0. The summed E-state index contributed by atoms with van der Waals surface area (Å²) in [5.41, 5.74) is 17.2. The van der Waals surface area contributed by atoms with Gasteiger partial charge in [-0.3, -0.25) is 0 Å². The van der Waals surface area contributed by atoms with Crippen LogP contribution in [0.15, 0.2) is 238 Å². The van der Waals surface area contributed by atoms with Crippen LogP contribution in [-0.4, -0.2) is 0 Å². The molecule has 0 aliphatic heterocycles. The standard InChI is InChI=1S/C60H37NO3/c1-3-13-38(14-4-1)40-23-25-42(26-24-40)46-17-7-10-20-50(46)61(44-31-27-41(28-32-44)39-15-5-2-6-16-39)45-33-29-43(30-34-45)49-37-55-59(60-56(49)47-18-8-12-22-52(47)64-60)58-54(63-55)36-35-53-57(58)48-19-9-11-21-51(48)62-53/h1-37H. The van der Waals surface area contributed by atoms with Gasteiger partial charge >= 0.3 is 0 Å². The van der Waals surface area contributed by atoms with Crippen LogP contribution in [0.4, 0.5) is 17.1 Å². The number of fused-ring (bicyclic) bond motifs is 11. The molecule has 0 N–H and O–H groups in total. The first-order valence-corrected chi connectivity index (χ1v) is 21.7. The smallest absolute Gasteiger partial charge is 0.147 e. The molecule has 0 spiro atoms. The molecule has 4 heteroatoms. The number of para-hydroxylation sites is 3. The summed E-state index contributed by atoms with van der Waals surface area (Å²) in [6.45, 7) is 0. The first kappa shape index (κ1) is 36.1. The molecule has 64 heavy (non-hydrogen) atoms. The summed E-state index contributed by atoms with van der Waals surface area (Å²) >= 11 is 0. The van der Waals surface area contributed by atoms with Crippen LogP contribution in [0.1, 0.15) is 0 Å². The molecule has 0 aliphatic rings. The van der Waals surface area contributed by atoms with Crippen molar-refractivity contribution in [2.24, 2.45) is 0 Å². The van der Waals surface area contributed by atoms with Gasteiger partial charge < -0.3 is 18.2 Å². The second-order valence-electron chi connectivity index (χ2n) is 16.4. The number of nitrogens with zero attached hydrogens (tertiary/aromatic N) is 1. The topological polar surface area (TPSA) is 42.7 Å². The average molecular weight is 820 g/mol. The highest BCUT2D eigenvalue weighted by Crippen LogP contribution is 2.48. The Kier molecular flexibility index (Phi) is 8.18. The molecule has 4 nitrogen and oxygen atoms in total. The summed E-state index contributed by atoms with van der Waals surface area (Å²) in [5.74, 6) is 0. The van der Waals surface area contributed by atoms with Crippen molar-refractivity contribution in [3.63, 3.8) is 0 Å². The predicted molar refractivity (Wildman–Crippen MR) is 265 cm³/mol. The molecule has 0 bridgehead atoms. The van der Waals surface area contributed by atoms with E-state index >= 15 is 0 Å². The fourth-order valence-electron chi connectivity index (χ4n) is 9.71. The number of benzene rings is 10. The van der Waals surface area contributed by atoms with Gasteiger partial charge in [-0.05, 0) is 99.6 Å². The molecule has 0 amide bonds. The quantitative estimate of drug-likeness (QED) is 0.161. The summed E-state index contributed by atoms with van der Waals surface area (Å²) < 4.78 is 19.9. The highest BCUT2D eigenvalue weighted by atomic mass is 16.3. The lowest BCUT2D eigenvalue weighted by Gasteiger charge is -2.28. The lowest BCUT2D eigenvalue weighted by molar-refractivity contribution is 0.660. The third kappa shape index (κ3) is 5.77. The van der Waals surface area contributed by atoms with Crippen molar-refractivity contribution in [2.75, 3.05) is 4.90 Å². The zero-order chi connectivity index (χ0) is 42.1. The van der Waals surface area contributed by atoms with Crippen LogP contribution < -0.4 is 4.90 Å². The maximum Gasteiger partial charge on any atom is 0.147 e. The average Bonchev–Trinajstić information content (AvgIpc) is 4.06. The van der Waals surface area contributed by atoms with Crippen molar-refractivity contribution in [3.8, 4) is 44.5 Å². The van der Waals surface area contributed by atoms with Crippen molar-refractivity contribution >= 4 is 82.9 Å². The van der Waals surface area contributed by atoms with Crippen LogP contribution >= 0.6 is 0 Å². The van der Waals surface area contributed by atoms with Gasteiger partial charge in [0.15, 0.2) is 0 Å². The lowest BCUT2D eigenvalue weighted by atomic mass is 9.95. The number of furan rings is 3. The van der Waals surface area contributed by atoms with Crippen molar-refractivity contribution in [1.29, 1.82) is 0 Å². The predicted octanol–water partition coefficient (Wildman–Crippen LogP) is 17.5. The Morgan fingerprint density at radius 1 is 0.266 bits per heavy atom. The van der Waals surface area contributed by atoms with Gasteiger partial charge in [-0.2, -0.15) is 0 Å². The molecule has 3 heterocycles. The maximum atomic E-state index is 6.84. The Bertz CT molecular complexity index is 3860. The number of anilines is 3. The molecule has 13 rings (SSSR count). The van der Waals surface area contributed by atoms with Crippen molar-refractivity contribution in [2.45, 2.75) is 0 Å². The van der Waals surface area contributed by atoms with Gasteiger partial charge in [-0.15, -0.1) is 0 Å². The Hall–Kier alpha value is -8.60. The van der Waals surface area contributed by atoms with E-state index in [4.69, 9.17) is 13.3 Å². The van der Waals surface area contributed by atoms with Crippen molar-refractivity contribution in [3.05, 3.63) is 224 Å². The molecule has 13 aromatic rings. The van der Waals surface area contributed by atoms with Crippen LogP contribution in [0.2, 0.25) is 0 Å². The zero-order valence-corrected chi connectivity index (χ0v) is 34.5. The number of rotatable bonds is 7. The zero-order valence-electron chi connectivity index (χ0n) is 34.5. The second-order valence-corrected chi connectivity index (χ2v) is 16.4. The Balaban J connectivity index is 0.978. The summed E-state index contributed by atoms with van der Waals surface area (Å²) in [5, 5.41) is 6.17. The third-order valence-corrected chi connectivity index (χ3v) is 12.7. The second kappa shape index (κ2) is 14.5. The van der Waals surface area contributed by atoms with E-state index in [0.29, 0.717) is 0 Å². The van der Waals surface area contributed by atoms with Gasteiger partial charge in [-0.1, -0.05) is 164 Å². The minimum atomic E-state index is 0.769. The highest BCUT2D eigenvalue weighted by molar-refractivity contribution is 6.33. The fourth-order valence-corrected chi connectivity index (χ4v) is 9.71. The molecule has 10 aromatic carbocycles. The van der Waals surface area contributed by atoms with Gasteiger partial charge in [0.05, 0.1) is 11.1 Å². The van der Waals surface area contributed by atoms with Crippen LogP contribution in [0.3, 0.4) is 0 Å². The third-order valence-electron chi connectivity index (χ3n) is 12.7. The van der Waals surface area contributed by atoms with Crippen molar-refractivity contribution in [1.82, 2.24) is 0 Å². The Morgan fingerprint density at radius 3 is 1.38 bits per heavy atom. The molecule has 300 valence electrons. The molecular formula is C60H37NO3. The van der Waals surface area contributed by atoms with Crippen LogP contribution in [0, 0.1) is 0 Å². The molecule has 3 aromatic heterocycles. The number of hydrogen-bond acceptors (Lipinski definition) is 4. The minimum Gasteiger partial charge on any atom is -0.456 e. The molecule has 0 aliphatic carbocycles. The van der Waals surface area contributed by atoms with Gasteiger partial charge in [0.25, 0.3) is 0 Å². The highest BCUT2D eigenvalue weighted by Gasteiger charge is 2.24. The SMILES string of the molecule is c1ccc(-c2ccc(-c3ccccc3N(c3ccc(-c4ccccc4)cc3)c3ccc(-c4cc5oc6ccc7oc8ccccc8c7c6c5c5oc6ccccc6c45)cc3)cc2)cc1. The summed E-state index contributed by atoms with van der Waals surface area (Å²) in [6, 6.07) is 79.2. The van der Waals surface area contributed by atoms with E-state index in [-0.39, 0.29) is 0 Å². The van der Waals surface area contributed by atoms with E-state index < -0.39 is 0 Å². The lowest BCUT2D eigenvalue weighted by Crippen LogP contribution is -2.11. The summed E-state index contributed by atoms with van der Waals surface area (Å²) in [7, 11) is 0. The Morgan fingerprint density at radius 2 is 0.719 bits per heavy atom. The molecule has 0 unspecified atom stereocenters. The van der Waals surface area contributed by atoms with Crippen LogP contribution in [0.5, 0.6) is 0 Å². The normalized spacial score (nSPS) is 11.8. The molecule has 0 fully saturated rings. The maximum absolute atomic E-state index is 6.84. The number of hydrogen-bond donors (Lipinski definition) is 0.